The Labute approximate surface area is 283 Å². The van der Waals surface area contributed by atoms with Gasteiger partial charge in [-0.3, -0.25) is 0 Å². The van der Waals surface area contributed by atoms with E-state index in [4.69, 9.17) is 47.4 Å². The molecule has 0 radical (unpaired) electrons. The van der Waals surface area contributed by atoms with E-state index in [1.54, 1.807) is 28.4 Å². The zero-order valence-electron chi connectivity index (χ0n) is 28.6. The van der Waals surface area contributed by atoms with Crippen molar-refractivity contribution in [3.63, 3.8) is 0 Å². The minimum absolute atomic E-state index is 0.328. The highest BCUT2D eigenvalue weighted by molar-refractivity contribution is 5.68. The van der Waals surface area contributed by atoms with Gasteiger partial charge in [-0.25, -0.2) is 0 Å². The summed E-state index contributed by atoms with van der Waals surface area (Å²) in [6, 6.07) is 0. The molecule has 0 amide bonds. The number of ether oxygens (including phenoxy) is 10. The number of rotatable bonds is 4. The first-order valence-electron chi connectivity index (χ1n) is 17.1. The third kappa shape index (κ3) is 6.12. The molecule has 260 valence electrons. The van der Waals surface area contributed by atoms with Gasteiger partial charge >= 0.3 is 0 Å². The Morgan fingerprint density at radius 1 is 0.375 bits per heavy atom. The van der Waals surface area contributed by atoms with Crippen LogP contribution in [0.2, 0.25) is 0 Å². The zero-order valence-corrected chi connectivity index (χ0v) is 28.6. The number of hydrogen-bond acceptors (Lipinski definition) is 10. The largest absolute Gasteiger partial charge is 0.496 e. The number of benzene rings is 2. The smallest absolute Gasteiger partial charge is 0.129 e. The molecule has 0 saturated heterocycles. The van der Waals surface area contributed by atoms with E-state index in [2.05, 4.69) is 24.3 Å². The molecule has 10 nitrogen and oxygen atoms in total. The topological polar surface area (TPSA) is 92.3 Å². The van der Waals surface area contributed by atoms with Gasteiger partial charge in [-0.05, 0) is 12.8 Å². The van der Waals surface area contributed by atoms with Crippen molar-refractivity contribution >= 4 is 0 Å². The van der Waals surface area contributed by atoms with Crippen LogP contribution in [0.4, 0.5) is 0 Å². The van der Waals surface area contributed by atoms with Crippen molar-refractivity contribution in [3.8, 4) is 23.0 Å². The first kappa shape index (κ1) is 33.4. The fourth-order valence-electron chi connectivity index (χ4n) is 8.33. The van der Waals surface area contributed by atoms with Crippen LogP contribution in [0.1, 0.15) is 81.0 Å². The Morgan fingerprint density at radius 3 is 0.833 bits per heavy atom. The lowest BCUT2D eigenvalue weighted by molar-refractivity contribution is -0.0000568. The lowest BCUT2D eigenvalue weighted by Crippen LogP contribution is -2.16. The molecule has 4 aliphatic carbocycles. The molecule has 5 aliphatic rings. The van der Waals surface area contributed by atoms with Crippen LogP contribution in [0.15, 0.2) is 24.3 Å². The van der Waals surface area contributed by atoms with Gasteiger partial charge in [0.25, 0.3) is 0 Å². The van der Waals surface area contributed by atoms with Crippen LogP contribution in [0.3, 0.4) is 0 Å². The SMILES string of the molecule is COc1c2c(c(OC)c3c1C1C=CC3C1)COCCOCCOCc1c(c(OC)c3c(c1OC)C1C=CC3C1)COCCOCCOC2. The van der Waals surface area contributed by atoms with Crippen LogP contribution in [0, 0.1) is 0 Å². The average molecular weight is 665 g/mol. The van der Waals surface area contributed by atoms with E-state index in [-0.39, 0.29) is 0 Å². The highest BCUT2D eigenvalue weighted by Crippen LogP contribution is 2.59. The summed E-state index contributed by atoms with van der Waals surface area (Å²) in [4.78, 5) is 0. The molecule has 0 aromatic heterocycles. The van der Waals surface area contributed by atoms with Gasteiger partial charge in [0, 0.05) is 68.2 Å². The van der Waals surface area contributed by atoms with Crippen molar-refractivity contribution in [3.05, 3.63) is 68.8 Å². The summed E-state index contributed by atoms with van der Waals surface area (Å²) >= 11 is 0. The van der Waals surface area contributed by atoms with Crippen LogP contribution in [0.25, 0.3) is 0 Å². The Hall–Kier alpha value is -3.12. The molecule has 4 bridgehead atoms. The van der Waals surface area contributed by atoms with Crippen LogP contribution in [0.5, 0.6) is 23.0 Å². The fraction of sp³-hybridized carbons (Fsp3) is 0.579. The number of hydrogen-bond donors (Lipinski definition) is 0. The van der Waals surface area contributed by atoms with Crippen molar-refractivity contribution in [1.82, 2.24) is 0 Å². The van der Waals surface area contributed by atoms with E-state index in [0.717, 1.165) is 58.1 Å². The molecule has 0 saturated carbocycles. The molecule has 4 unspecified atom stereocenters. The first-order valence-corrected chi connectivity index (χ1v) is 17.1. The standard InChI is InChI=1S/C38H48O10/c1-39-35-27-19-45-13-9-43-11-15-47-21-29-30(38(42-4)34-26-8-7-25(18-26)33(34)37(29)41-3)22-48-16-12-44-10-14-46-20-28(27)36(40-2)32-24-6-5-23(17-24)31(32)35/h5-8,23-26H,9-22H2,1-4H3. The normalized spacial score (nSPS) is 25.8. The van der Waals surface area contributed by atoms with Crippen LogP contribution in [-0.2, 0) is 54.8 Å². The monoisotopic (exact) mass is 664 g/mol. The quantitative estimate of drug-likeness (QED) is 0.373. The minimum atomic E-state index is 0.328. The molecular formula is C38H48O10. The van der Waals surface area contributed by atoms with Gasteiger partial charge in [0.2, 0.25) is 0 Å². The number of allylic oxidation sites excluding steroid dienone is 4. The van der Waals surface area contributed by atoms with E-state index in [0.29, 0.717) is 103 Å². The maximum absolute atomic E-state index is 6.17. The van der Waals surface area contributed by atoms with Crippen LogP contribution in [-0.4, -0.2) is 81.3 Å². The van der Waals surface area contributed by atoms with Gasteiger partial charge < -0.3 is 47.4 Å². The molecule has 0 fully saturated rings. The molecule has 1 heterocycles. The Kier molecular flexibility index (Phi) is 10.6. The predicted octanol–water partition coefficient (Wildman–Crippen LogP) is 5.82. The van der Waals surface area contributed by atoms with Crippen molar-refractivity contribution in [2.45, 2.75) is 62.9 Å². The molecule has 10 heteroatoms. The molecule has 0 spiro atoms. The summed E-state index contributed by atoms with van der Waals surface area (Å²) < 4.78 is 60.7. The molecule has 2 aromatic carbocycles. The predicted molar refractivity (Wildman–Crippen MR) is 178 cm³/mol. The van der Waals surface area contributed by atoms with Gasteiger partial charge in [-0.1, -0.05) is 24.3 Å². The fourth-order valence-corrected chi connectivity index (χ4v) is 8.33. The molecule has 0 N–H and O–H groups in total. The summed E-state index contributed by atoms with van der Waals surface area (Å²) in [6.45, 7) is 4.91. The van der Waals surface area contributed by atoms with Gasteiger partial charge in [0.1, 0.15) is 23.0 Å². The maximum atomic E-state index is 6.17. The van der Waals surface area contributed by atoms with E-state index >= 15 is 0 Å². The summed E-state index contributed by atoms with van der Waals surface area (Å²) in [5.41, 5.74) is 8.72. The minimum Gasteiger partial charge on any atom is -0.496 e. The van der Waals surface area contributed by atoms with Gasteiger partial charge in [0.05, 0.1) is 108 Å². The summed E-state index contributed by atoms with van der Waals surface area (Å²) in [5, 5.41) is 0. The summed E-state index contributed by atoms with van der Waals surface area (Å²) in [6.07, 6.45) is 11.2. The van der Waals surface area contributed by atoms with Crippen molar-refractivity contribution < 1.29 is 47.4 Å². The van der Waals surface area contributed by atoms with E-state index in [1.807, 2.05) is 0 Å². The Morgan fingerprint density at radius 2 is 0.604 bits per heavy atom. The van der Waals surface area contributed by atoms with E-state index in [1.165, 1.54) is 22.3 Å². The third-order valence-electron chi connectivity index (χ3n) is 10.3. The average Bonchev–Trinajstić information content (AvgIpc) is 3.92. The van der Waals surface area contributed by atoms with Gasteiger partial charge in [-0.15, -0.1) is 0 Å². The van der Waals surface area contributed by atoms with Gasteiger partial charge in [-0.2, -0.15) is 0 Å². The first-order chi connectivity index (χ1) is 23.7. The highest BCUT2D eigenvalue weighted by Gasteiger charge is 2.42. The second-order valence-electron chi connectivity index (χ2n) is 12.8. The van der Waals surface area contributed by atoms with Crippen molar-refractivity contribution in [2.24, 2.45) is 0 Å². The molecular weight excluding hydrogens is 616 g/mol. The molecule has 1 aliphatic heterocycles. The molecule has 48 heavy (non-hydrogen) atoms. The second-order valence-corrected chi connectivity index (χ2v) is 12.8. The van der Waals surface area contributed by atoms with Crippen molar-refractivity contribution in [1.29, 1.82) is 0 Å². The van der Waals surface area contributed by atoms with Gasteiger partial charge in [0.15, 0.2) is 0 Å². The summed E-state index contributed by atoms with van der Waals surface area (Å²) in [5.74, 6) is 4.81. The summed E-state index contributed by atoms with van der Waals surface area (Å²) in [7, 11) is 6.94. The van der Waals surface area contributed by atoms with Crippen LogP contribution >= 0.6 is 0 Å². The number of methoxy groups -OCH3 is 4. The molecule has 2 aromatic rings. The lowest BCUT2D eigenvalue weighted by Gasteiger charge is -2.26. The lowest BCUT2D eigenvalue weighted by atomic mass is 9.89. The molecule has 4 atom stereocenters. The van der Waals surface area contributed by atoms with E-state index < -0.39 is 0 Å². The Bertz CT molecular complexity index is 1310. The number of fused-ring (bicyclic) bond motifs is 12. The Balaban J connectivity index is 1.07. The molecule has 7 rings (SSSR count). The van der Waals surface area contributed by atoms with Crippen LogP contribution < -0.4 is 18.9 Å². The van der Waals surface area contributed by atoms with E-state index in [9.17, 15) is 0 Å². The zero-order chi connectivity index (χ0) is 33.0. The third-order valence-corrected chi connectivity index (χ3v) is 10.3. The second kappa shape index (κ2) is 15.2. The highest BCUT2D eigenvalue weighted by atomic mass is 16.6. The maximum Gasteiger partial charge on any atom is 0.129 e. The van der Waals surface area contributed by atoms with Crippen molar-refractivity contribution in [2.75, 3.05) is 81.3 Å².